The van der Waals surface area contributed by atoms with E-state index in [-0.39, 0.29) is 11.6 Å². The van der Waals surface area contributed by atoms with E-state index in [0.717, 1.165) is 18.7 Å². The van der Waals surface area contributed by atoms with Gasteiger partial charge in [0, 0.05) is 24.7 Å². The summed E-state index contributed by atoms with van der Waals surface area (Å²) in [6.45, 7) is 9.90. The summed E-state index contributed by atoms with van der Waals surface area (Å²) in [6, 6.07) is 6.95. The molecule has 0 saturated carbocycles. The molecule has 1 saturated heterocycles. The molecule has 1 aromatic rings. The van der Waals surface area contributed by atoms with Gasteiger partial charge in [-0.2, -0.15) is 0 Å². The van der Waals surface area contributed by atoms with Crippen molar-refractivity contribution < 1.29 is 8.42 Å². The van der Waals surface area contributed by atoms with Crippen LogP contribution in [0.25, 0.3) is 0 Å². The fourth-order valence-electron chi connectivity index (χ4n) is 2.11. The zero-order valence-electron chi connectivity index (χ0n) is 12.0. The van der Waals surface area contributed by atoms with Gasteiger partial charge >= 0.3 is 0 Å². The summed E-state index contributed by atoms with van der Waals surface area (Å²) in [5.74, 6) is 0. The Kier molecular flexibility index (Phi) is 3.73. The molecule has 1 aromatic carbocycles. The molecule has 1 aliphatic rings. The van der Waals surface area contributed by atoms with E-state index >= 15 is 0 Å². The van der Waals surface area contributed by atoms with Crippen LogP contribution < -0.4 is 4.72 Å². The number of likely N-dealkylation sites (tertiary alicyclic amines) is 1. The van der Waals surface area contributed by atoms with Crippen LogP contribution in [0.4, 0.5) is 0 Å². The molecule has 0 spiro atoms. The number of rotatable bonds is 3. The van der Waals surface area contributed by atoms with E-state index in [9.17, 15) is 8.42 Å². The van der Waals surface area contributed by atoms with Gasteiger partial charge in [0.2, 0.25) is 10.0 Å². The summed E-state index contributed by atoms with van der Waals surface area (Å²) in [5, 5.41) is 0. The monoisotopic (exact) mass is 282 g/mol. The molecule has 5 heteroatoms. The SMILES string of the molecule is Cc1ccc(S(=O)(=O)NC2CN(C(C)(C)C)C2)cc1. The summed E-state index contributed by atoms with van der Waals surface area (Å²) in [4.78, 5) is 2.60. The van der Waals surface area contributed by atoms with E-state index in [1.807, 2.05) is 19.1 Å². The minimum atomic E-state index is -3.38. The molecule has 1 fully saturated rings. The third-order valence-electron chi connectivity index (χ3n) is 3.48. The zero-order valence-corrected chi connectivity index (χ0v) is 12.8. The maximum atomic E-state index is 12.2. The highest BCUT2D eigenvalue weighted by molar-refractivity contribution is 7.89. The van der Waals surface area contributed by atoms with Gasteiger partial charge in [-0.05, 0) is 39.8 Å². The lowest BCUT2D eigenvalue weighted by Gasteiger charge is -2.47. The number of sulfonamides is 1. The molecule has 1 aliphatic heterocycles. The third-order valence-corrected chi connectivity index (χ3v) is 5.02. The van der Waals surface area contributed by atoms with Gasteiger partial charge in [0.05, 0.1) is 4.90 Å². The predicted molar refractivity (Wildman–Crippen MR) is 76.6 cm³/mol. The summed E-state index contributed by atoms with van der Waals surface area (Å²) >= 11 is 0. The maximum Gasteiger partial charge on any atom is 0.240 e. The van der Waals surface area contributed by atoms with E-state index in [1.165, 1.54) is 0 Å². The first-order valence-electron chi connectivity index (χ1n) is 6.52. The van der Waals surface area contributed by atoms with Gasteiger partial charge in [0.1, 0.15) is 0 Å². The molecule has 4 nitrogen and oxygen atoms in total. The lowest BCUT2D eigenvalue weighted by Crippen LogP contribution is -2.64. The fraction of sp³-hybridized carbons (Fsp3) is 0.571. The molecule has 0 bridgehead atoms. The van der Waals surface area contributed by atoms with E-state index in [4.69, 9.17) is 0 Å². The second-order valence-corrected chi connectivity index (χ2v) is 7.92. The van der Waals surface area contributed by atoms with Crippen molar-refractivity contribution in [3.8, 4) is 0 Å². The van der Waals surface area contributed by atoms with Gasteiger partial charge in [-0.15, -0.1) is 0 Å². The van der Waals surface area contributed by atoms with Crippen LogP contribution in [0.5, 0.6) is 0 Å². The topological polar surface area (TPSA) is 49.4 Å². The Labute approximate surface area is 115 Å². The molecule has 106 valence electrons. The van der Waals surface area contributed by atoms with Crippen LogP contribution in [0, 0.1) is 6.92 Å². The van der Waals surface area contributed by atoms with Crippen LogP contribution in [0.1, 0.15) is 26.3 Å². The Balaban J connectivity index is 1.99. The van der Waals surface area contributed by atoms with Crippen LogP contribution in [0.2, 0.25) is 0 Å². The number of hydrogen-bond acceptors (Lipinski definition) is 3. The summed E-state index contributed by atoms with van der Waals surface area (Å²) < 4.78 is 27.1. The number of nitrogens with zero attached hydrogens (tertiary/aromatic N) is 1. The molecule has 0 aromatic heterocycles. The van der Waals surface area contributed by atoms with E-state index in [1.54, 1.807) is 12.1 Å². The minimum Gasteiger partial charge on any atom is -0.295 e. The van der Waals surface area contributed by atoms with Gasteiger partial charge in [-0.3, -0.25) is 4.90 Å². The average molecular weight is 282 g/mol. The normalized spacial score (nSPS) is 18.3. The first-order chi connectivity index (χ1) is 8.68. The van der Waals surface area contributed by atoms with Crippen molar-refractivity contribution in [3.05, 3.63) is 29.8 Å². The van der Waals surface area contributed by atoms with Gasteiger partial charge in [-0.1, -0.05) is 17.7 Å². The highest BCUT2D eigenvalue weighted by Gasteiger charge is 2.36. The number of nitrogens with one attached hydrogen (secondary N) is 1. The quantitative estimate of drug-likeness (QED) is 0.919. The molecule has 0 unspecified atom stereocenters. The first-order valence-corrected chi connectivity index (χ1v) is 8.01. The summed E-state index contributed by atoms with van der Waals surface area (Å²) in [6.07, 6.45) is 0. The van der Waals surface area contributed by atoms with Gasteiger partial charge in [-0.25, -0.2) is 13.1 Å². The Bertz CT molecular complexity index is 538. The van der Waals surface area contributed by atoms with E-state index < -0.39 is 10.0 Å². The standard InChI is InChI=1S/C14H22N2O2S/c1-11-5-7-13(8-6-11)19(17,18)15-12-9-16(10-12)14(2,3)4/h5-8,12,15H,9-10H2,1-4H3. The van der Waals surface area contributed by atoms with Crippen LogP contribution >= 0.6 is 0 Å². The molecule has 1 heterocycles. The first kappa shape index (κ1) is 14.5. The molecule has 0 radical (unpaired) electrons. The Morgan fingerprint density at radius 1 is 1.16 bits per heavy atom. The number of hydrogen-bond donors (Lipinski definition) is 1. The Morgan fingerprint density at radius 3 is 2.16 bits per heavy atom. The van der Waals surface area contributed by atoms with Gasteiger partial charge in [0.15, 0.2) is 0 Å². The lowest BCUT2D eigenvalue weighted by atomic mass is 9.98. The lowest BCUT2D eigenvalue weighted by molar-refractivity contribution is 0.0436. The molecule has 0 amide bonds. The predicted octanol–water partition coefficient (Wildman–Crippen LogP) is 1.76. The molecule has 19 heavy (non-hydrogen) atoms. The molecular formula is C14H22N2O2S. The fourth-order valence-corrected chi connectivity index (χ4v) is 3.32. The molecule has 2 rings (SSSR count). The van der Waals surface area contributed by atoms with Crippen molar-refractivity contribution in [1.29, 1.82) is 0 Å². The summed E-state index contributed by atoms with van der Waals surface area (Å²) in [7, 11) is -3.38. The second-order valence-electron chi connectivity index (χ2n) is 6.21. The van der Waals surface area contributed by atoms with Crippen molar-refractivity contribution >= 4 is 10.0 Å². The van der Waals surface area contributed by atoms with Crippen molar-refractivity contribution in [2.24, 2.45) is 0 Å². The maximum absolute atomic E-state index is 12.2. The average Bonchev–Trinajstić information content (AvgIpc) is 2.22. The highest BCUT2D eigenvalue weighted by atomic mass is 32.2. The Morgan fingerprint density at radius 2 is 1.68 bits per heavy atom. The van der Waals surface area contributed by atoms with Crippen LogP contribution in [-0.2, 0) is 10.0 Å². The second kappa shape index (κ2) is 4.89. The van der Waals surface area contributed by atoms with Crippen molar-refractivity contribution in [2.75, 3.05) is 13.1 Å². The zero-order chi connectivity index (χ0) is 14.3. The van der Waals surface area contributed by atoms with E-state index in [2.05, 4.69) is 30.4 Å². The number of aryl methyl sites for hydroxylation is 1. The minimum absolute atomic E-state index is 0.0190. The van der Waals surface area contributed by atoms with E-state index in [0.29, 0.717) is 4.90 Å². The van der Waals surface area contributed by atoms with Crippen LogP contribution in [0.15, 0.2) is 29.2 Å². The molecule has 0 atom stereocenters. The van der Waals surface area contributed by atoms with Crippen LogP contribution in [-0.4, -0.2) is 38.0 Å². The smallest absolute Gasteiger partial charge is 0.240 e. The van der Waals surface area contributed by atoms with Gasteiger partial charge < -0.3 is 0 Å². The van der Waals surface area contributed by atoms with Crippen molar-refractivity contribution in [2.45, 2.75) is 44.2 Å². The number of benzene rings is 1. The third kappa shape index (κ3) is 3.35. The van der Waals surface area contributed by atoms with Gasteiger partial charge in [0.25, 0.3) is 0 Å². The molecular weight excluding hydrogens is 260 g/mol. The van der Waals surface area contributed by atoms with Crippen molar-refractivity contribution in [3.63, 3.8) is 0 Å². The van der Waals surface area contributed by atoms with Crippen molar-refractivity contribution in [1.82, 2.24) is 9.62 Å². The van der Waals surface area contributed by atoms with Crippen LogP contribution in [0.3, 0.4) is 0 Å². The Hall–Kier alpha value is -0.910. The molecule has 0 aliphatic carbocycles. The summed E-state index contributed by atoms with van der Waals surface area (Å²) in [5.41, 5.74) is 1.16. The molecule has 1 N–H and O–H groups in total. The largest absolute Gasteiger partial charge is 0.295 e. The highest BCUT2D eigenvalue weighted by Crippen LogP contribution is 2.22.